The highest BCUT2D eigenvalue weighted by atomic mass is 79.9. The quantitative estimate of drug-likeness (QED) is 0.777. The molecule has 2 aromatic carbocycles. The summed E-state index contributed by atoms with van der Waals surface area (Å²) >= 11 is 9.72. The van der Waals surface area contributed by atoms with Crippen molar-refractivity contribution in [3.05, 3.63) is 68.7 Å². The average Bonchev–Trinajstić information content (AvgIpc) is 2.83. The fourth-order valence-electron chi connectivity index (χ4n) is 2.96. The zero-order chi connectivity index (χ0) is 14.1. The maximum atomic E-state index is 6.07. The smallest absolute Gasteiger partial charge is 0.0409 e. The first-order chi connectivity index (χ1) is 9.65. The number of nitrogens with one attached hydrogen (secondary N) is 1. The molecule has 0 aliphatic heterocycles. The molecule has 0 amide bonds. The lowest BCUT2D eigenvalue weighted by Crippen LogP contribution is -2.23. The van der Waals surface area contributed by atoms with Gasteiger partial charge in [0.2, 0.25) is 0 Å². The Morgan fingerprint density at radius 2 is 2.05 bits per heavy atom. The number of rotatable bonds is 3. The number of hydrogen-bond acceptors (Lipinski definition) is 1. The molecular weight excluding hydrogens is 334 g/mol. The monoisotopic (exact) mass is 349 g/mol. The van der Waals surface area contributed by atoms with Gasteiger partial charge in [-0.25, -0.2) is 0 Å². The largest absolute Gasteiger partial charge is 0.303 e. The number of hydrogen-bond donors (Lipinski definition) is 1. The van der Waals surface area contributed by atoms with Crippen LogP contribution in [-0.2, 0) is 6.42 Å². The van der Waals surface area contributed by atoms with Gasteiger partial charge in [0, 0.05) is 21.6 Å². The molecule has 0 radical (unpaired) electrons. The summed E-state index contributed by atoms with van der Waals surface area (Å²) in [5.74, 6) is 0. The van der Waals surface area contributed by atoms with Crippen molar-refractivity contribution in [1.29, 1.82) is 0 Å². The van der Waals surface area contributed by atoms with Gasteiger partial charge >= 0.3 is 0 Å². The van der Waals surface area contributed by atoms with Crippen LogP contribution in [0.1, 0.15) is 42.1 Å². The Morgan fingerprint density at radius 3 is 2.85 bits per heavy atom. The van der Waals surface area contributed by atoms with Crippen LogP contribution in [0.3, 0.4) is 0 Å². The number of benzene rings is 2. The lowest BCUT2D eigenvalue weighted by atomic mass is 10.0. The van der Waals surface area contributed by atoms with E-state index < -0.39 is 0 Å². The van der Waals surface area contributed by atoms with E-state index in [2.05, 4.69) is 52.4 Å². The van der Waals surface area contributed by atoms with E-state index in [1.54, 1.807) is 0 Å². The minimum absolute atomic E-state index is 0.295. The Kier molecular flexibility index (Phi) is 4.16. The van der Waals surface area contributed by atoms with Crippen LogP contribution in [0.4, 0.5) is 0 Å². The summed E-state index contributed by atoms with van der Waals surface area (Å²) < 4.78 is 1.23. The van der Waals surface area contributed by atoms with Crippen LogP contribution < -0.4 is 5.32 Å². The molecule has 1 aliphatic rings. The normalized spacial score (nSPS) is 18.9. The van der Waals surface area contributed by atoms with E-state index in [0.717, 1.165) is 17.9 Å². The predicted molar refractivity (Wildman–Crippen MR) is 88.2 cm³/mol. The molecule has 0 aromatic heterocycles. The van der Waals surface area contributed by atoms with Crippen molar-refractivity contribution < 1.29 is 0 Å². The van der Waals surface area contributed by atoms with Gasteiger partial charge in [0.1, 0.15) is 0 Å². The van der Waals surface area contributed by atoms with E-state index in [1.165, 1.54) is 21.2 Å². The highest BCUT2D eigenvalue weighted by molar-refractivity contribution is 9.10. The van der Waals surface area contributed by atoms with Crippen molar-refractivity contribution in [3.63, 3.8) is 0 Å². The van der Waals surface area contributed by atoms with E-state index in [0.29, 0.717) is 12.1 Å². The van der Waals surface area contributed by atoms with Gasteiger partial charge in [0.15, 0.2) is 0 Å². The second-order valence-corrected chi connectivity index (χ2v) is 6.63. The fourth-order valence-corrected chi connectivity index (χ4v) is 3.74. The summed E-state index contributed by atoms with van der Waals surface area (Å²) in [7, 11) is 0. The van der Waals surface area contributed by atoms with Crippen LogP contribution in [-0.4, -0.2) is 0 Å². The van der Waals surface area contributed by atoms with Crippen molar-refractivity contribution in [2.45, 2.75) is 31.8 Å². The van der Waals surface area contributed by atoms with Gasteiger partial charge < -0.3 is 5.32 Å². The third-order valence-electron chi connectivity index (χ3n) is 4.01. The second kappa shape index (κ2) is 5.88. The summed E-state index contributed by atoms with van der Waals surface area (Å²) in [6.07, 6.45) is 2.29. The Bertz CT molecular complexity index is 626. The van der Waals surface area contributed by atoms with E-state index in [4.69, 9.17) is 11.6 Å². The fraction of sp³-hybridized carbons (Fsp3) is 0.294. The SMILES string of the molecule is C[C@H](NC1CCc2c(Br)cccc21)c1cccc(Cl)c1. The zero-order valence-electron chi connectivity index (χ0n) is 11.4. The molecule has 1 aliphatic carbocycles. The average molecular weight is 351 g/mol. The molecule has 3 heteroatoms. The summed E-state index contributed by atoms with van der Waals surface area (Å²) in [4.78, 5) is 0. The molecular formula is C17H17BrClN. The third kappa shape index (κ3) is 2.78. The zero-order valence-corrected chi connectivity index (χ0v) is 13.7. The highest BCUT2D eigenvalue weighted by Gasteiger charge is 2.25. The summed E-state index contributed by atoms with van der Waals surface area (Å²) in [5.41, 5.74) is 4.11. The van der Waals surface area contributed by atoms with Crippen LogP contribution in [0.25, 0.3) is 0 Å². The molecule has 0 heterocycles. The van der Waals surface area contributed by atoms with Crippen molar-refractivity contribution in [3.8, 4) is 0 Å². The molecule has 0 bridgehead atoms. The summed E-state index contributed by atoms with van der Waals surface area (Å²) in [6.45, 7) is 2.20. The van der Waals surface area contributed by atoms with E-state index in [1.807, 2.05) is 18.2 Å². The van der Waals surface area contributed by atoms with Gasteiger partial charge in [0.05, 0.1) is 0 Å². The number of halogens is 2. The molecule has 1 N–H and O–H groups in total. The Hall–Kier alpha value is -0.830. The Balaban J connectivity index is 1.79. The van der Waals surface area contributed by atoms with Gasteiger partial charge in [-0.3, -0.25) is 0 Å². The van der Waals surface area contributed by atoms with Crippen molar-refractivity contribution in [2.24, 2.45) is 0 Å². The van der Waals surface area contributed by atoms with Crippen molar-refractivity contribution in [1.82, 2.24) is 5.32 Å². The van der Waals surface area contributed by atoms with E-state index in [-0.39, 0.29) is 0 Å². The predicted octanol–water partition coefficient (Wildman–Crippen LogP) is 5.44. The lowest BCUT2D eigenvalue weighted by Gasteiger charge is -2.21. The van der Waals surface area contributed by atoms with Gasteiger partial charge in [-0.2, -0.15) is 0 Å². The Morgan fingerprint density at radius 1 is 1.25 bits per heavy atom. The molecule has 0 spiro atoms. The maximum Gasteiger partial charge on any atom is 0.0409 e. The lowest BCUT2D eigenvalue weighted by molar-refractivity contribution is 0.465. The molecule has 0 fully saturated rings. The van der Waals surface area contributed by atoms with Gasteiger partial charge in [0.25, 0.3) is 0 Å². The van der Waals surface area contributed by atoms with Crippen molar-refractivity contribution >= 4 is 27.5 Å². The van der Waals surface area contributed by atoms with Gasteiger partial charge in [-0.05, 0) is 54.7 Å². The van der Waals surface area contributed by atoms with Crippen LogP contribution in [0.5, 0.6) is 0 Å². The number of fused-ring (bicyclic) bond motifs is 1. The minimum atomic E-state index is 0.295. The molecule has 1 unspecified atom stereocenters. The second-order valence-electron chi connectivity index (χ2n) is 5.34. The first kappa shape index (κ1) is 14.1. The van der Waals surface area contributed by atoms with Crippen LogP contribution in [0.15, 0.2) is 46.9 Å². The topological polar surface area (TPSA) is 12.0 Å². The van der Waals surface area contributed by atoms with Gasteiger partial charge in [-0.1, -0.05) is 51.8 Å². The van der Waals surface area contributed by atoms with E-state index in [9.17, 15) is 0 Å². The first-order valence-corrected chi connectivity index (χ1v) is 8.11. The van der Waals surface area contributed by atoms with Crippen LogP contribution in [0, 0.1) is 0 Å². The molecule has 0 saturated heterocycles. The molecule has 2 atom stereocenters. The highest BCUT2D eigenvalue weighted by Crippen LogP contribution is 2.37. The standard InChI is InChI=1S/C17H17BrClN/c1-11(12-4-2-5-13(19)10-12)20-17-9-8-14-15(17)6-3-7-16(14)18/h2-7,10-11,17,20H,8-9H2,1H3/t11-,17?/m0/s1. The van der Waals surface area contributed by atoms with Crippen molar-refractivity contribution in [2.75, 3.05) is 0 Å². The molecule has 3 rings (SSSR count). The van der Waals surface area contributed by atoms with Gasteiger partial charge in [-0.15, -0.1) is 0 Å². The van der Waals surface area contributed by atoms with Crippen LogP contribution in [0.2, 0.25) is 5.02 Å². The Labute approximate surface area is 133 Å². The third-order valence-corrected chi connectivity index (χ3v) is 4.99. The summed E-state index contributed by atoms with van der Waals surface area (Å²) in [5, 5.41) is 4.52. The molecule has 1 nitrogen and oxygen atoms in total. The molecule has 20 heavy (non-hydrogen) atoms. The van der Waals surface area contributed by atoms with Crippen LogP contribution >= 0.6 is 27.5 Å². The molecule has 0 saturated carbocycles. The first-order valence-electron chi connectivity index (χ1n) is 6.94. The minimum Gasteiger partial charge on any atom is -0.303 e. The van der Waals surface area contributed by atoms with E-state index >= 15 is 0 Å². The maximum absolute atomic E-state index is 6.07. The summed E-state index contributed by atoms with van der Waals surface area (Å²) in [6, 6.07) is 15.3. The molecule has 104 valence electrons. The molecule has 2 aromatic rings.